The van der Waals surface area contributed by atoms with Crippen molar-refractivity contribution in [3.8, 4) is 29.3 Å². The average Bonchev–Trinajstić information content (AvgIpc) is 3.49. The van der Waals surface area contributed by atoms with Crippen LogP contribution in [-0.4, -0.2) is 32.9 Å². The van der Waals surface area contributed by atoms with Crippen LogP contribution in [0.1, 0.15) is 12.8 Å². The summed E-state index contributed by atoms with van der Waals surface area (Å²) < 4.78 is 11.6. The highest BCUT2D eigenvalue weighted by molar-refractivity contribution is 5.79. The molecule has 0 atom stereocenters. The van der Waals surface area contributed by atoms with Gasteiger partial charge in [-0.25, -0.2) is 4.98 Å². The maximum absolute atomic E-state index is 8.24. The number of nitrogens with zero attached hydrogens (tertiary/aromatic N) is 4. The van der Waals surface area contributed by atoms with Crippen molar-refractivity contribution in [1.82, 2.24) is 19.9 Å². The molecule has 0 unspecified atom stereocenters. The fourth-order valence-corrected chi connectivity index (χ4v) is 3.05. The highest BCUT2D eigenvalue weighted by atomic mass is 16.5. The standard InChI is InChI=1S/C18H13N3O2.C5H8N2/c1-2-4-13(5-3-1)22-14-6-8-15(9-7-14)23-18-17-16(10-11-19-17)20-12-21-18;6-5-7-3-1-2-4-7/h1-12,19H;1-4H2. The average molecular weight is 399 g/mol. The van der Waals surface area contributed by atoms with E-state index in [1.807, 2.05) is 66.9 Å². The molecule has 4 aromatic rings. The minimum atomic E-state index is 0.497. The Hall–Kier alpha value is -4.05. The predicted molar refractivity (Wildman–Crippen MR) is 113 cm³/mol. The molecule has 0 radical (unpaired) electrons. The lowest BCUT2D eigenvalue weighted by atomic mass is 10.3. The van der Waals surface area contributed by atoms with Crippen LogP contribution in [0.25, 0.3) is 11.0 Å². The lowest BCUT2D eigenvalue weighted by molar-refractivity contribution is 0.460. The molecule has 1 aliphatic rings. The number of hydrogen-bond acceptors (Lipinski definition) is 6. The summed E-state index contributed by atoms with van der Waals surface area (Å²) in [7, 11) is 0. The summed E-state index contributed by atoms with van der Waals surface area (Å²) in [5.41, 5.74) is 1.59. The van der Waals surface area contributed by atoms with Crippen LogP contribution in [0.5, 0.6) is 23.1 Å². The van der Waals surface area contributed by atoms with E-state index in [0.29, 0.717) is 11.6 Å². The van der Waals surface area contributed by atoms with E-state index in [-0.39, 0.29) is 0 Å². The smallest absolute Gasteiger partial charge is 0.247 e. The number of rotatable bonds is 4. The summed E-state index contributed by atoms with van der Waals surface area (Å²) in [4.78, 5) is 13.2. The summed E-state index contributed by atoms with van der Waals surface area (Å²) in [5.74, 6) is 2.72. The Morgan fingerprint density at radius 3 is 2.17 bits per heavy atom. The summed E-state index contributed by atoms with van der Waals surface area (Å²) in [5, 5.41) is 8.24. The Balaban J connectivity index is 0.000000265. The molecule has 30 heavy (non-hydrogen) atoms. The van der Waals surface area contributed by atoms with Gasteiger partial charge >= 0.3 is 0 Å². The van der Waals surface area contributed by atoms with Crippen molar-refractivity contribution >= 4 is 11.0 Å². The molecule has 7 heteroatoms. The Morgan fingerprint density at radius 1 is 0.833 bits per heavy atom. The van der Waals surface area contributed by atoms with E-state index in [0.717, 1.165) is 35.6 Å². The zero-order valence-electron chi connectivity index (χ0n) is 16.4. The van der Waals surface area contributed by atoms with E-state index in [4.69, 9.17) is 14.7 Å². The number of likely N-dealkylation sites (tertiary alicyclic amines) is 1. The number of benzene rings is 2. The maximum atomic E-state index is 8.24. The van der Waals surface area contributed by atoms with Crippen molar-refractivity contribution < 1.29 is 9.47 Å². The first-order valence-electron chi connectivity index (χ1n) is 9.75. The van der Waals surface area contributed by atoms with Gasteiger partial charge in [-0.15, -0.1) is 0 Å². The van der Waals surface area contributed by atoms with Crippen LogP contribution < -0.4 is 9.47 Å². The van der Waals surface area contributed by atoms with E-state index < -0.39 is 0 Å². The molecule has 0 saturated carbocycles. The largest absolute Gasteiger partial charge is 0.457 e. The molecule has 0 spiro atoms. The van der Waals surface area contributed by atoms with Gasteiger partial charge in [-0.05, 0) is 55.3 Å². The fourth-order valence-electron chi connectivity index (χ4n) is 3.05. The molecule has 0 bridgehead atoms. The van der Waals surface area contributed by atoms with Gasteiger partial charge in [0.2, 0.25) is 5.88 Å². The molecule has 5 rings (SSSR count). The number of fused-ring (bicyclic) bond motifs is 1. The van der Waals surface area contributed by atoms with Gasteiger partial charge in [0.15, 0.2) is 6.19 Å². The number of aromatic nitrogens is 3. The van der Waals surface area contributed by atoms with Gasteiger partial charge in [0.25, 0.3) is 0 Å². The third kappa shape index (κ3) is 4.86. The van der Waals surface area contributed by atoms with Gasteiger partial charge in [0.1, 0.15) is 29.1 Å². The first-order valence-corrected chi connectivity index (χ1v) is 9.75. The lowest BCUT2D eigenvalue weighted by Gasteiger charge is -2.08. The van der Waals surface area contributed by atoms with Crippen molar-refractivity contribution in [1.29, 1.82) is 5.26 Å². The number of para-hydroxylation sites is 1. The minimum Gasteiger partial charge on any atom is -0.457 e. The van der Waals surface area contributed by atoms with Crippen LogP contribution in [0.15, 0.2) is 73.2 Å². The number of nitriles is 1. The second-order valence-electron chi connectivity index (χ2n) is 6.70. The van der Waals surface area contributed by atoms with Crippen molar-refractivity contribution in [2.75, 3.05) is 13.1 Å². The molecule has 7 nitrogen and oxygen atoms in total. The van der Waals surface area contributed by atoms with E-state index in [1.54, 1.807) is 4.90 Å². The monoisotopic (exact) mass is 399 g/mol. The molecule has 0 aliphatic carbocycles. The highest BCUT2D eigenvalue weighted by Crippen LogP contribution is 2.28. The molecule has 1 saturated heterocycles. The zero-order valence-corrected chi connectivity index (χ0v) is 16.4. The quantitative estimate of drug-likeness (QED) is 0.480. The molecule has 1 fully saturated rings. The molecular formula is C23H21N5O2. The van der Waals surface area contributed by atoms with Gasteiger partial charge in [-0.3, -0.25) is 0 Å². The van der Waals surface area contributed by atoms with E-state index in [9.17, 15) is 0 Å². The molecule has 3 heterocycles. The molecule has 2 aromatic heterocycles. The first-order chi connectivity index (χ1) is 14.8. The SMILES string of the molecule is N#CN1CCCC1.c1ccc(Oc2ccc(Oc3ncnc4cc[nH]c34)cc2)cc1. The first kappa shape index (κ1) is 19.3. The topological polar surface area (TPSA) is 87.1 Å². The van der Waals surface area contributed by atoms with Crippen molar-refractivity contribution in [2.45, 2.75) is 12.8 Å². The Morgan fingerprint density at radius 2 is 1.50 bits per heavy atom. The fraction of sp³-hybridized carbons (Fsp3) is 0.174. The molecule has 150 valence electrons. The molecular weight excluding hydrogens is 378 g/mol. The summed E-state index contributed by atoms with van der Waals surface area (Å²) in [6, 6.07) is 18.9. The maximum Gasteiger partial charge on any atom is 0.247 e. The number of hydrogen-bond donors (Lipinski definition) is 1. The van der Waals surface area contributed by atoms with Crippen molar-refractivity contribution in [2.24, 2.45) is 0 Å². The van der Waals surface area contributed by atoms with E-state index in [2.05, 4.69) is 21.1 Å². The predicted octanol–water partition coefficient (Wildman–Crippen LogP) is 5.11. The summed E-state index contributed by atoms with van der Waals surface area (Å²) in [6.45, 7) is 1.97. The van der Waals surface area contributed by atoms with Crippen LogP contribution in [0, 0.1) is 11.5 Å². The van der Waals surface area contributed by atoms with Crippen LogP contribution in [0.2, 0.25) is 0 Å². The Kier molecular flexibility index (Phi) is 6.06. The Bertz CT molecular complexity index is 1110. The van der Waals surface area contributed by atoms with Crippen LogP contribution >= 0.6 is 0 Å². The van der Waals surface area contributed by atoms with Crippen molar-refractivity contribution in [3.05, 3.63) is 73.2 Å². The van der Waals surface area contributed by atoms with Crippen LogP contribution in [-0.2, 0) is 0 Å². The Labute approximate surface area is 174 Å². The molecule has 2 aromatic carbocycles. The summed E-state index contributed by atoms with van der Waals surface area (Å²) >= 11 is 0. The lowest BCUT2D eigenvalue weighted by Crippen LogP contribution is -2.10. The van der Waals surface area contributed by atoms with E-state index in [1.165, 1.54) is 19.2 Å². The van der Waals surface area contributed by atoms with Gasteiger partial charge in [0.05, 0.1) is 5.52 Å². The third-order valence-electron chi connectivity index (χ3n) is 4.58. The number of aromatic amines is 1. The van der Waals surface area contributed by atoms with Crippen molar-refractivity contribution in [3.63, 3.8) is 0 Å². The van der Waals surface area contributed by atoms with Gasteiger partial charge in [-0.2, -0.15) is 10.2 Å². The number of nitrogens with one attached hydrogen (secondary N) is 1. The third-order valence-corrected chi connectivity index (χ3v) is 4.58. The van der Waals surface area contributed by atoms with Gasteiger partial charge < -0.3 is 19.4 Å². The van der Waals surface area contributed by atoms with Crippen LogP contribution in [0.4, 0.5) is 0 Å². The number of H-pyrrole nitrogens is 1. The molecule has 1 N–H and O–H groups in total. The van der Waals surface area contributed by atoms with Gasteiger partial charge in [-0.1, -0.05) is 18.2 Å². The zero-order chi connectivity index (χ0) is 20.6. The normalized spacial score (nSPS) is 12.7. The second-order valence-corrected chi connectivity index (χ2v) is 6.70. The second kappa shape index (κ2) is 9.43. The number of ether oxygens (including phenoxy) is 2. The minimum absolute atomic E-state index is 0.497. The highest BCUT2D eigenvalue weighted by Gasteiger charge is 2.08. The van der Waals surface area contributed by atoms with E-state index >= 15 is 0 Å². The molecule has 0 amide bonds. The van der Waals surface area contributed by atoms with Gasteiger partial charge in [0, 0.05) is 19.3 Å². The summed E-state index contributed by atoms with van der Waals surface area (Å²) in [6.07, 6.45) is 7.79. The van der Waals surface area contributed by atoms with Crippen LogP contribution in [0.3, 0.4) is 0 Å². The molecule has 1 aliphatic heterocycles.